The maximum absolute atomic E-state index is 11.2. The van der Waals surface area contributed by atoms with E-state index < -0.39 is 10.5 Å². The van der Waals surface area contributed by atoms with Gasteiger partial charge in [0.2, 0.25) is 0 Å². The summed E-state index contributed by atoms with van der Waals surface area (Å²) >= 11 is 0.873. The fourth-order valence-corrected chi connectivity index (χ4v) is 4.10. The van der Waals surface area contributed by atoms with Crippen LogP contribution in [-0.4, -0.2) is 16.8 Å². The lowest BCUT2D eigenvalue weighted by atomic mass is 10.0. The van der Waals surface area contributed by atoms with Gasteiger partial charge in [0.15, 0.2) is 0 Å². The van der Waals surface area contributed by atoms with E-state index in [0.717, 1.165) is 59.9 Å². The number of carbonyl (C=O) groups excluding carboxylic acids is 2. The van der Waals surface area contributed by atoms with E-state index in [-0.39, 0.29) is 0 Å². The molecule has 1 unspecified atom stereocenters. The first-order valence-corrected chi connectivity index (χ1v) is 9.80. The molecule has 2 N–H and O–H groups in total. The van der Waals surface area contributed by atoms with Crippen LogP contribution in [0.3, 0.4) is 0 Å². The zero-order valence-corrected chi connectivity index (χ0v) is 15.7. The minimum absolute atomic E-state index is 0.457. The van der Waals surface area contributed by atoms with Crippen LogP contribution in [-0.2, 0) is 30.5 Å². The number of ether oxygens (including phenoxy) is 1. The quantitative estimate of drug-likeness (QED) is 0.732. The number of aryl methyl sites for hydroxylation is 2. The van der Waals surface area contributed by atoms with Crippen LogP contribution in [0.5, 0.6) is 11.5 Å². The summed E-state index contributed by atoms with van der Waals surface area (Å²) in [7, 11) is 0. The molecule has 0 saturated carbocycles. The molecule has 4 nitrogen and oxygen atoms in total. The standard InChI is InChI=1S/C21H23NO3S/c1-2-14-11-17(10-9-16(14)12-18(13-23)26-21(22)24)25-20-8-4-6-15-5-3-7-19(15)20/h4,6,8-11,13,18H,2-3,5,7,12H2,1H3,(H2,22,24). The monoisotopic (exact) mass is 369 g/mol. The number of nitrogens with two attached hydrogens (primary N) is 1. The highest BCUT2D eigenvalue weighted by molar-refractivity contribution is 8.14. The van der Waals surface area contributed by atoms with Crippen LogP contribution in [0.25, 0.3) is 0 Å². The van der Waals surface area contributed by atoms with Gasteiger partial charge in [0.05, 0.1) is 5.25 Å². The van der Waals surface area contributed by atoms with Crippen LogP contribution in [0.2, 0.25) is 0 Å². The maximum Gasteiger partial charge on any atom is 0.277 e. The zero-order chi connectivity index (χ0) is 18.5. The van der Waals surface area contributed by atoms with Gasteiger partial charge in [-0.1, -0.05) is 36.9 Å². The van der Waals surface area contributed by atoms with Gasteiger partial charge in [-0.05, 0) is 72.6 Å². The van der Waals surface area contributed by atoms with Crippen molar-refractivity contribution >= 4 is 23.3 Å². The van der Waals surface area contributed by atoms with Gasteiger partial charge in [-0.3, -0.25) is 4.79 Å². The van der Waals surface area contributed by atoms with Crippen molar-refractivity contribution in [2.45, 2.75) is 44.3 Å². The van der Waals surface area contributed by atoms with Crippen LogP contribution in [0, 0.1) is 0 Å². The number of benzene rings is 2. The van der Waals surface area contributed by atoms with Crippen LogP contribution in [0.1, 0.15) is 35.6 Å². The summed E-state index contributed by atoms with van der Waals surface area (Å²) < 4.78 is 6.17. The average molecular weight is 369 g/mol. The lowest BCUT2D eigenvalue weighted by molar-refractivity contribution is -0.107. The molecule has 0 fully saturated rings. The molecule has 0 aliphatic heterocycles. The van der Waals surface area contributed by atoms with Crippen molar-refractivity contribution in [2.75, 3.05) is 0 Å². The Balaban J connectivity index is 1.80. The number of hydrogen-bond acceptors (Lipinski definition) is 4. The van der Waals surface area contributed by atoms with Crippen LogP contribution >= 0.6 is 11.8 Å². The molecule has 1 amide bonds. The normalized spacial score (nSPS) is 13.9. The Bertz CT molecular complexity index is 819. The Kier molecular flexibility index (Phi) is 5.99. The summed E-state index contributed by atoms with van der Waals surface area (Å²) in [6.07, 6.45) is 5.46. The smallest absolute Gasteiger partial charge is 0.277 e. The molecule has 0 heterocycles. The molecule has 1 aliphatic rings. The van der Waals surface area contributed by atoms with Gasteiger partial charge in [-0.2, -0.15) is 0 Å². The lowest BCUT2D eigenvalue weighted by Crippen LogP contribution is -2.16. The Morgan fingerprint density at radius 3 is 2.85 bits per heavy atom. The second-order valence-corrected chi connectivity index (χ2v) is 7.69. The van der Waals surface area contributed by atoms with Crippen molar-refractivity contribution < 1.29 is 14.3 Å². The molecule has 26 heavy (non-hydrogen) atoms. The van der Waals surface area contributed by atoms with Crippen molar-refractivity contribution in [1.29, 1.82) is 0 Å². The Morgan fingerprint density at radius 1 is 1.27 bits per heavy atom. The van der Waals surface area contributed by atoms with Crippen LogP contribution < -0.4 is 10.5 Å². The predicted molar refractivity (Wildman–Crippen MR) is 105 cm³/mol. The van der Waals surface area contributed by atoms with E-state index in [2.05, 4.69) is 13.0 Å². The minimum atomic E-state index is -0.530. The maximum atomic E-state index is 11.2. The first-order valence-electron chi connectivity index (χ1n) is 8.92. The summed E-state index contributed by atoms with van der Waals surface area (Å²) in [5, 5.41) is -0.986. The van der Waals surface area contributed by atoms with E-state index in [1.54, 1.807) is 0 Å². The molecule has 2 aromatic carbocycles. The Hall–Kier alpha value is -2.27. The molecular weight excluding hydrogens is 346 g/mol. The fourth-order valence-electron chi connectivity index (χ4n) is 3.48. The molecule has 0 radical (unpaired) electrons. The highest BCUT2D eigenvalue weighted by atomic mass is 32.2. The minimum Gasteiger partial charge on any atom is -0.457 e. The van der Waals surface area contributed by atoms with E-state index in [1.165, 1.54) is 17.5 Å². The van der Waals surface area contributed by atoms with Gasteiger partial charge in [0.1, 0.15) is 17.8 Å². The van der Waals surface area contributed by atoms with E-state index in [9.17, 15) is 9.59 Å². The molecule has 0 aromatic heterocycles. The number of rotatable bonds is 7. The van der Waals surface area contributed by atoms with E-state index in [1.807, 2.05) is 30.3 Å². The number of fused-ring (bicyclic) bond motifs is 1. The summed E-state index contributed by atoms with van der Waals surface area (Å²) in [4.78, 5) is 22.3. The number of aldehydes is 1. The number of carbonyl (C=O) groups is 2. The second-order valence-electron chi connectivity index (χ2n) is 6.45. The van der Waals surface area contributed by atoms with E-state index in [4.69, 9.17) is 10.5 Å². The van der Waals surface area contributed by atoms with Crippen molar-refractivity contribution in [1.82, 2.24) is 0 Å². The molecule has 1 atom stereocenters. The average Bonchev–Trinajstić information content (AvgIpc) is 3.11. The Labute approximate surface area is 158 Å². The molecule has 0 saturated heterocycles. The summed E-state index contributed by atoms with van der Waals surface area (Å²) in [5.74, 6) is 1.74. The molecular formula is C21H23NO3S. The van der Waals surface area contributed by atoms with Gasteiger partial charge >= 0.3 is 0 Å². The number of primary amides is 1. The van der Waals surface area contributed by atoms with Crippen molar-refractivity contribution in [3.05, 3.63) is 58.7 Å². The zero-order valence-electron chi connectivity index (χ0n) is 14.9. The molecule has 0 bridgehead atoms. The fraction of sp³-hybridized carbons (Fsp3) is 0.333. The van der Waals surface area contributed by atoms with Crippen molar-refractivity contribution in [3.8, 4) is 11.5 Å². The summed E-state index contributed by atoms with van der Waals surface area (Å²) in [5.41, 5.74) is 10.1. The van der Waals surface area contributed by atoms with Crippen LogP contribution in [0.15, 0.2) is 36.4 Å². The molecule has 3 rings (SSSR count). The van der Waals surface area contributed by atoms with Gasteiger partial charge < -0.3 is 15.3 Å². The molecule has 136 valence electrons. The topological polar surface area (TPSA) is 69.4 Å². The highest BCUT2D eigenvalue weighted by Crippen LogP contribution is 2.34. The summed E-state index contributed by atoms with van der Waals surface area (Å²) in [6.45, 7) is 2.07. The third-order valence-corrected chi connectivity index (χ3v) is 5.54. The van der Waals surface area contributed by atoms with Crippen molar-refractivity contribution in [2.24, 2.45) is 5.73 Å². The van der Waals surface area contributed by atoms with Gasteiger partial charge in [-0.25, -0.2) is 0 Å². The molecule has 1 aliphatic carbocycles. The van der Waals surface area contributed by atoms with E-state index in [0.29, 0.717) is 6.42 Å². The molecule has 0 spiro atoms. The van der Waals surface area contributed by atoms with Gasteiger partial charge in [-0.15, -0.1) is 0 Å². The third kappa shape index (κ3) is 4.28. The van der Waals surface area contributed by atoms with E-state index >= 15 is 0 Å². The summed E-state index contributed by atoms with van der Waals surface area (Å²) in [6, 6.07) is 12.2. The third-order valence-electron chi connectivity index (χ3n) is 4.73. The predicted octanol–water partition coefficient (Wildman–Crippen LogP) is 4.45. The SMILES string of the molecule is CCc1cc(Oc2cccc3c2CCC3)ccc1CC(C=O)SC(N)=O. The number of thioether (sulfide) groups is 1. The Morgan fingerprint density at radius 2 is 2.12 bits per heavy atom. The first kappa shape index (κ1) is 18.5. The number of amides is 1. The first-order chi connectivity index (χ1) is 12.6. The van der Waals surface area contributed by atoms with Crippen LogP contribution in [0.4, 0.5) is 4.79 Å². The molecule has 2 aromatic rings. The van der Waals surface area contributed by atoms with Gasteiger partial charge in [0, 0.05) is 0 Å². The van der Waals surface area contributed by atoms with Crippen molar-refractivity contribution in [3.63, 3.8) is 0 Å². The lowest BCUT2D eigenvalue weighted by Gasteiger charge is -2.15. The largest absolute Gasteiger partial charge is 0.457 e. The van der Waals surface area contributed by atoms with Gasteiger partial charge in [0.25, 0.3) is 5.24 Å². The highest BCUT2D eigenvalue weighted by Gasteiger charge is 2.17. The second kappa shape index (κ2) is 8.41. The molecule has 5 heteroatoms. The number of hydrogen-bond donors (Lipinski definition) is 1.